The lowest BCUT2D eigenvalue weighted by molar-refractivity contribution is -0.139. The number of rotatable bonds is 9. The Morgan fingerprint density at radius 3 is 2.32 bits per heavy atom. The van der Waals surface area contributed by atoms with Gasteiger partial charge in [-0.2, -0.15) is 0 Å². The molecule has 0 saturated heterocycles. The van der Waals surface area contributed by atoms with Crippen LogP contribution < -0.4 is 10.6 Å². The summed E-state index contributed by atoms with van der Waals surface area (Å²) >= 11 is 0. The molecule has 0 aliphatic heterocycles. The van der Waals surface area contributed by atoms with Crippen LogP contribution in [0.15, 0.2) is 58.0 Å². The molecule has 8 nitrogen and oxygen atoms in total. The van der Waals surface area contributed by atoms with Gasteiger partial charge in [0.15, 0.2) is 9.84 Å². The largest absolute Gasteiger partial charge is 0.468 e. The maximum Gasteiger partial charge on any atom is 0.309 e. The second kappa shape index (κ2) is 10.0. The molecule has 152 valence electrons. The van der Waals surface area contributed by atoms with E-state index in [9.17, 15) is 18.0 Å². The Hall–Kier alpha value is -2.65. The number of nitrogens with zero attached hydrogens (tertiary/aromatic N) is 1. The van der Waals surface area contributed by atoms with Crippen molar-refractivity contribution in [1.29, 1.82) is 0 Å². The predicted octanol–water partition coefficient (Wildman–Crippen LogP) is 0.979. The van der Waals surface area contributed by atoms with Gasteiger partial charge in [-0.1, -0.05) is 18.2 Å². The van der Waals surface area contributed by atoms with Gasteiger partial charge >= 0.3 is 11.8 Å². The molecule has 0 unspecified atom stereocenters. The van der Waals surface area contributed by atoms with Crippen LogP contribution in [0.25, 0.3) is 0 Å². The lowest BCUT2D eigenvalue weighted by atomic mass is 10.3. The second-order valence-electron chi connectivity index (χ2n) is 6.48. The zero-order chi connectivity index (χ0) is 20.6. The molecule has 2 aromatic rings. The highest BCUT2D eigenvalue weighted by molar-refractivity contribution is 7.91. The van der Waals surface area contributed by atoms with E-state index in [4.69, 9.17) is 4.42 Å². The molecule has 28 heavy (non-hydrogen) atoms. The molecule has 0 saturated carbocycles. The fourth-order valence-electron chi connectivity index (χ4n) is 2.56. The molecule has 1 aromatic carbocycles. The van der Waals surface area contributed by atoms with Crippen LogP contribution in [0.1, 0.15) is 17.4 Å². The van der Waals surface area contributed by atoms with Crippen LogP contribution in [0.4, 0.5) is 0 Å². The molecule has 2 rings (SSSR count). The van der Waals surface area contributed by atoms with Gasteiger partial charge in [0.25, 0.3) is 0 Å². The van der Waals surface area contributed by atoms with Crippen molar-refractivity contribution in [3.8, 4) is 0 Å². The molecule has 0 aliphatic carbocycles. The Morgan fingerprint density at radius 2 is 1.71 bits per heavy atom. The molecule has 2 amide bonds. The molecule has 0 aliphatic rings. The quantitative estimate of drug-likeness (QED) is 0.474. The first-order valence-electron chi connectivity index (χ1n) is 8.85. The fourth-order valence-corrected chi connectivity index (χ4v) is 4.16. The normalized spacial score (nSPS) is 12.5. The van der Waals surface area contributed by atoms with E-state index in [-0.39, 0.29) is 17.2 Å². The summed E-state index contributed by atoms with van der Waals surface area (Å²) < 4.78 is 31.2. The van der Waals surface area contributed by atoms with Crippen molar-refractivity contribution in [2.24, 2.45) is 0 Å². The summed E-state index contributed by atoms with van der Waals surface area (Å²) in [4.78, 5) is 26.0. The summed E-state index contributed by atoms with van der Waals surface area (Å²) in [7, 11) is 0.00482. The van der Waals surface area contributed by atoms with Gasteiger partial charge in [0.1, 0.15) is 11.0 Å². The van der Waals surface area contributed by atoms with E-state index in [0.29, 0.717) is 13.0 Å². The minimum Gasteiger partial charge on any atom is -0.468 e. The van der Waals surface area contributed by atoms with Crippen molar-refractivity contribution in [3.05, 3.63) is 54.5 Å². The maximum atomic E-state index is 13.0. The van der Waals surface area contributed by atoms with E-state index in [1.807, 2.05) is 19.0 Å². The van der Waals surface area contributed by atoms with E-state index in [1.54, 1.807) is 24.3 Å². The van der Waals surface area contributed by atoms with E-state index in [2.05, 4.69) is 10.6 Å². The van der Waals surface area contributed by atoms with E-state index in [1.165, 1.54) is 24.5 Å². The van der Waals surface area contributed by atoms with Crippen molar-refractivity contribution in [2.75, 3.05) is 33.7 Å². The van der Waals surface area contributed by atoms with Crippen LogP contribution >= 0.6 is 0 Å². The highest BCUT2D eigenvalue weighted by Crippen LogP contribution is 2.28. The molecule has 0 bridgehead atoms. The zero-order valence-electron chi connectivity index (χ0n) is 15.9. The number of carbonyl (C=O) groups excluding carboxylic acids is 2. The molecule has 0 spiro atoms. The van der Waals surface area contributed by atoms with E-state index in [0.717, 1.165) is 6.54 Å². The summed E-state index contributed by atoms with van der Waals surface area (Å²) in [5.41, 5.74) is 0. The Balaban J connectivity index is 2.03. The van der Waals surface area contributed by atoms with Crippen LogP contribution in [-0.2, 0) is 19.4 Å². The average molecular weight is 407 g/mol. The summed E-state index contributed by atoms with van der Waals surface area (Å²) in [5.74, 6) is -1.49. The lowest BCUT2D eigenvalue weighted by Gasteiger charge is -2.16. The first-order chi connectivity index (χ1) is 13.3. The lowest BCUT2D eigenvalue weighted by Crippen LogP contribution is -2.42. The van der Waals surface area contributed by atoms with Gasteiger partial charge in [-0.25, -0.2) is 8.42 Å². The van der Waals surface area contributed by atoms with E-state index < -0.39 is 26.9 Å². The van der Waals surface area contributed by atoms with Gasteiger partial charge in [0.2, 0.25) is 0 Å². The van der Waals surface area contributed by atoms with Gasteiger partial charge in [-0.05, 0) is 51.3 Å². The van der Waals surface area contributed by atoms with Crippen LogP contribution in [-0.4, -0.2) is 58.9 Å². The van der Waals surface area contributed by atoms with Gasteiger partial charge in [-0.15, -0.1) is 0 Å². The number of hydrogen-bond acceptors (Lipinski definition) is 6. The molecule has 1 atom stereocenters. The number of nitrogens with one attached hydrogen (secondary N) is 2. The van der Waals surface area contributed by atoms with Gasteiger partial charge in [0.05, 0.1) is 11.2 Å². The number of benzene rings is 1. The molecular formula is C19H25N3O5S. The standard InChI is InChI=1S/C19H25N3O5S/c1-22(2)12-7-11-20-18(23)19(24)21-14-17(16-10-6-13-27-16)28(25,26)15-8-4-3-5-9-15/h3-6,8-10,13,17H,7,11-12,14H2,1-2H3,(H,20,23)(H,21,24)/t17-/m1/s1. The van der Waals surface area contributed by atoms with Crippen LogP contribution in [0, 0.1) is 0 Å². The number of amides is 2. The summed E-state index contributed by atoms with van der Waals surface area (Å²) in [6, 6.07) is 11.0. The minimum absolute atomic E-state index is 0.110. The number of furan rings is 1. The SMILES string of the molecule is CN(C)CCCNC(=O)C(=O)NC[C@H](c1ccco1)S(=O)(=O)c1ccccc1. The topological polar surface area (TPSA) is 109 Å². The number of carbonyl (C=O) groups is 2. The molecule has 9 heteroatoms. The Kier molecular flexibility index (Phi) is 7.77. The maximum absolute atomic E-state index is 13.0. The summed E-state index contributed by atoms with van der Waals surface area (Å²) in [5, 5.41) is 3.77. The minimum atomic E-state index is -3.82. The highest BCUT2D eigenvalue weighted by Gasteiger charge is 2.32. The Morgan fingerprint density at radius 1 is 1.04 bits per heavy atom. The Bertz CT molecular complexity index is 864. The number of sulfone groups is 1. The molecule has 0 fully saturated rings. The molecule has 2 N–H and O–H groups in total. The Labute approximate surface area is 164 Å². The van der Waals surface area contributed by atoms with Crippen LogP contribution in [0.2, 0.25) is 0 Å². The average Bonchev–Trinajstić information content (AvgIpc) is 3.19. The third-order valence-corrected chi connectivity index (χ3v) is 6.11. The molecule has 1 aromatic heterocycles. The van der Waals surface area contributed by atoms with Crippen LogP contribution in [0.3, 0.4) is 0 Å². The number of hydrogen-bond donors (Lipinski definition) is 2. The second-order valence-corrected chi connectivity index (χ2v) is 8.62. The predicted molar refractivity (Wildman–Crippen MR) is 104 cm³/mol. The van der Waals surface area contributed by atoms with Gasteiger partial charge in [0, 0.05) is 13.1 Å². The van der Waals surface area contributed by atoms with Gasteiger partial charge in [-0.3, -0.25) is 9.59 Å². The van der Waals surface area contributed by atoms with Crippen molar-refractivity contribution < 1.29 is 22.4 Å². The summed E-state index contributed by atoms with van der Waals surface area (Å²) in [6.07, 6.45) is 2.06. The zero-order valence-corrected chi connectivity index (χ0v) is 16.7. The van der Waals surface area contributed by atoms with Crippen LogP contribution in [0.5, 0.6) is 0 Å². The van der Waals surface area contributed by atoms with Gasteiger partial charge < -0.3 is 20.0 Å². The third kappa shape index (κ3) is 5.93. The van der Waals surface area contributed by atoms with Crippen molar-refractivity contribution in [1.82, 2.24) is 15.5 Å². The summed E-state index contributed by atoms with van der Waals surface area (Å²) in [6.45, 7) is 0.848. The van der Waals surface area contributed by atoms with Crippen molar-refractivity contribution in [3.63, 3.8) is 0 Å². The fraction of sp³-hybridized carbons (Fsp3) is 0.368. The van der Waals surface area contributed by atoms with Crippen molar-refractivity contribution in [2.45, 2.75) is 16.6 Å². The smallest absolute Gasteiger partial charge is 0.309 e. The molecule has 1 heterocycles. The molecule has 0 radical (unpaired) electrons. The first kappa shape index (κ1) is 21.6. The first-order valence-corrected chi connectivity index (χ1v) is 10.4. The van der Waals surface area contributed by atoms with Crippen molar-refractivity contribution >= 4 is 21.7 Å². The monoisotopic (exact) mass is 407 g/mol. The highest BCUT2D eigenvalue weighted by atomic mass is 32.2. The third-order valence-electron chi connectivity index (χ3n) is 4.03. The molecular weight excluding hydrogens is 382 g/mol. The van der Waals surface area contributed by atoms with E-state index >= 15 is 0 Å².